The first-order valence-electron chi connectivity index (χ1n) is 6.74. The van der Waals surface area contributed by atoms with E-state index in [0.29, 0.717) is 29.8 Å². The summed E-state index contributed by atoms with van der Waals surface area (Å²) < 4.78 is 27.7. The Balaban J connectivity index is 2.03. The molecule has 1 atom stereocenters. The van der Waals surface area contributed by atoms with Crippen molar-refractivity contribution in [1.82, 2.24) is 9.62 Å². The van der Waals surface area contributed by atoms with Crippen LogP contribution in [-0.4, -0.2) is 44.3 Å². The first-order chi connectivity index (χ1) is 9.89. The van der Waals surface area contributed by atoms with Crippen LogP contribution in [0.5, 0.6) is 0 Å². The number of piperazine rings is 1. The molecule has 2 aliphatic heterocycles. The number of nitrogens with zero attached hydrogens (tertiary/aromatic N) is 1. The second kappa shape index (κ2) is 5.35. The number of amides is 1. The van der Waals surface area contributed by atoms with Gasteiger partial charge in [-0.15, -0.1) is 0 Å². The number of rotatable bonds is 2. The average Bonchev–Trinajstić information content (AvgIpc) is 2.77. The van der Waals surface area contributed by atoms with Gasteiger partial charge in [0.1, 0.15) is 0 Å². The maximum atomic E-state index is 12.9. The zero-order chi connectivity index (χ0) is 15.2. The molecule has 0 aliphatic carbocycles. The maximum absolute atomic E-state index is 12.9. The van der Waals surface area contributed by atoms with Crippen molar-refractivity contribution in [3.05, 3.63) is 22.2 Å². The number of sulfonamides is 1. The van der Waals surface area contributed by atoms with E-state index in [4.69, 9.17) is 0 Å². The summed E-state index contributed by atoms with van der Waals surface area (Å²) in [5.41, 5.74) is 1.41. The van der Waals surface area contributed by atoms with E-state index in [1.165, 1.54) is 4.31 Å². The van der Waals surface area contributed by atoms with Crippen LogP contribution < -0.4 is 10.6 Å². The minimum absolute atomic E-state index is 0.0938. The van der Waals surface area contributed by atoms with Crippen molar-refractivity contribution < 1.29 is 13.2 Å². The van der Waals surface area contributed by atoms with Crippen molar-refractivity contribution in [3.8, 4) is 0 Å². The summed E-state index contributed by atoms with van der Waals surface area (Å²) >= 11 is 3.32. The van der Waals surface area contributed by atoms with Crippen LogP contribution in [0.2, 0.25) is 0 Å². The monoisotopic (exact) mass is 373 g/mol. The van der Waals surface area contributed by atoms with E-state index in [-0.39, 0.29) is 23.3 Å². The third-order valence-electron chi connectivity index (χ3n) is 3.81. The summed E-state index contributed by atoms with van der Waals surface area (Å²) in [4.78, 5) is 11.7. The third-order valence-corrected chi connectivity index (χ3v) is 6.78. The lowest BCUT2D eigenvalue weighted by Gasteiger charge is -2.33. The number of hydrogen-bond donors (Lipinski definition) is 2. The van der Waals surface area contributed by atoms with Crippen LogP contribution in [-0.2, 0) is 21.2 Å². The molecular formula is C13H16BrN3O3S. The molecule has 0 saturated carbocycles. The molecule has 6 nitrogen and oxygen atoms in total. The van der Waals surface area contributed by atoms with Gasteiger partial charge in [0.2, 0.25) is 15.9 Å². The Morgan fingerprint density at radius 3 is 2.86 bits per heavy atom. The zero-order valence-electron chi connectivity index (χ0n) is 11.5. The number of fused-ring (bicyclic) bond motifs is 1. The number of benzene rings is 1. The molecule has 1 aromatic rings. The largest absolute Gasteiger partial charge is 0.325 e. The van der Waals surface area contributed by atoms with E-state index < -0.39 is 10.0 Å². The minimum Gasteiger partial charge on any atom is -0.325 e. The highest BCUT2D eigenvalue weighted by atomic mass is 79.9. The minimum atomic E-state index is -3.57. The van der Waals surface area contributed by atoms with E-state index >= 15 is 0 Å². The smallest absolute Gasteiger partial charge is 0.244 e. The van der Waals surface area contributed by atoms with Crippen LogP contribution in [0.4, 0.5) is 5.69 Å². The Hall–Kier alpha value is -0.960. The van der Waals surface area contributed by atoms with Crippen LogP contribution in [0.1, 0.15) is 12.5 Å². The summed E-state index contributed by atoms with van der Waals surface area (Å²) in [5, 5.41) is 5.90. The fourth-order valence-electron chi connectivity index (χ4n) is 2.73. The fourth-order valence-corrected chi connectivity index (χ4v) is 5.42. The Kier molecular flexibility index (Phi) is 3.81. The first-order valence-corrected chi connectivity index (χ1v) is 8.98. The highest BCUT2D eigenvalue weighted by Crippen LogP contribution is 2.34. The lowest BCUT2D eigenvalue weighted by molar-refractivity contribution is -0.115. The summed E-state index contributed by atoms with van der Waals surface area (Å²) in [6.07, 6.45) is 0.224. The topological polar surface area (TPSA) is 78.5 Å². The van der Waals surface area contributed by atoms with Gasteiger partial charge in [-0.05, 0) is 40.5 Å². The predicted molar refractivity (Wildman–Crippen MR) is 82.7 cm³/mol. The summed E-state index contributed by atoms with van der Waals surface area (Å²) in [6.45, 7) is 3.62. The Morgan fingerprint density at radius 1 is 1.38 bits per heavy atom. The van der Waals surface area contributed by atoms with Crippen molar-refractivity contribution in [2.24, 2.45) is 0 Å². The van der Waals surface area contributed by atoms with Crippen LogP contribution in [0.15, 0.2) is 21.5 Å². The maximum Gasteiger partial charge on any atom is 0.244 e. The molecule has 1 amide bonds. The fraction of sp³-hybridized carbons (Fsp3) is 0.462. The quantitative estimate of drug-likeness (QED) is 0.807. The molecule has 8 heteroatoms. The molecule has 21 heavy (non-hydrogen) atoms. The molecule has 2 heterocycles. The van der Waals surface area contributed by atoms with Crippen molar-refractivity contribution in [2.45, 2.75) is 24.3 Å². The normalized spacial score (nSPS) is 23.0. The van der Waals surface area contributed by atoms with Crippen molar-refractivity contribution in [2.75, 3.05) is 25.0 Å². The summed E-state index contributed by atoms with van der Waals surface area (Å²) in [5.74, 6) is -0.109. The van der Waals surface area contributed by atoms with E-state index in [0.717, 1.165) is 5.56 Å². The molecule has 2 N–H and O–H groups in total. The van der Waals surface area contributed by atoms with Gasteiger partial charge in [0.05, 0.1) is 11.3 Å². The van der Waals surface area contributed by atoms with E-state index in [1.54, 1.807) is 12.1 Å². The van der Waals surface area contributed by atoms with Gasteiger partial charge in [-0.25, -0.2) is 8.42 Å². The van der Waals surface area contributed by atoms with Crippen molar-refractivity contribution >= 4 is 37.5 Å². The summed E-state index contributed by atoms with van der Waals surface area (Å²) in [6, 6.07) is 3.17. The number of halogens is 1. The SMILES string of the molecule is C[C@@H]1CNCCN1S(=O)(=O)c1cc2c(cc1Br)NC(=O)C2. The van der Waals surface area contributed by atoms with E-state index in [2.05, 4.69) is 26.6 Å². The molecule has 0 unspecified atom stereocenters. The highest BCUT2D eigenvalue weighted by Gasteiger charge is 2.33. The average molecular weight is 374 g/mol. The highest BCUT2D eigenvalue weighted by molar-refractivity contribution is 9.10. The van der Waals surface area contributed by atoms with Crippen LogP contribution in [0, 0.1) is 0 Å². The van der Waals surface area contributed by atoms with Crippen LogP contribution >= 0.6 is 15.9 Å². The molecule has 114 valence electrons. The van der Waals surface area contributed by atoms with Gasteiger partial charge < -0.3 is 10.6 Å². The molecule has 1 aromatic carbocycles. The molecule has 2 aliphatic rings. The van der Waals surface area contributed by atoms with Gasteiger partial charge in [0, 0.05) is 35.8 Å². The molecule has 1 saturated heterocycles. The van der Waals surface area contributed by atoms with Crippen LogP contribution in [0.25, 0.3) is 0 Å². The second-order valence-electron chi connectivity index (χ2n) is 5.33. The van der Waals surface area contributed by atoms with Crippen molar-refractivity contribution in [3.63, 3.8) is 0 Å². The number of anilines is 1. The van der Waals surface area contributed by atoms with E-state index in [1.807, 2.05) is 6.92 Å². The Labute approximate surface area is 132 Å². The molecule has 0 bridgehead atoms. The third kappa shape index (κ3) is 2.61. The molecule has 0 spiro atoms. The lowest BCUT2D eigenvalue weighted by Crippen LogP contribution is -2.52. The van der Waals surface area contributed by atoms with Gasteiger partial charge in [0.25, 0.3) is 0 Å². The predicted octanol–water partition coefficient (Wildman–Crippen LogP) is 0.926. The van der Waals surface area contributed by atoms with Crippen molar-refractivity contribution in [1.29, 1.82) is 0 Å². The molecular weight excluding hydrogens is 358 g/mol. The number of hydrogen-bond acceptors (Lipinski definition) is 4. The van der Waals surface area contributed by atoms with Gasteiger partial charge in [-0.2, -0.15) is 4.31 Å². The Bertz CT molecular complexity index is 705. The van der Waals surface area contributed by atoms with Crippen LogP contribution in [0.3, 0.4) is 0 Å². The number of nitrogens with one attached hydrogen (secondary N) is 2. The summed E-state index contributed by atoms with van der Waals surface area (Å²) in [7, 11) is -3.57. The van der Waals surface area contributed by atoms with Gasteiger partial charge >= 0.3 is 0 Å². The molecule has 0 aromatic heterocycles. The number of carbonyl (C=O) groups is 1. The molecule has 1 fully saturated rings. The van der Waals surface area contributed by atoms with Gasteiger partial charge in [-0.3, -0.25) is 4.79 Å². The van der Waals surface area contributed by atoms with E-state index in [9.17, 15) is 13.2 Å². The lowest BCUT2D eigenvalue weighted by atomic mass is 10.2. The Morgan fingerprint density at radius 2 is 2.14 bits per heavy atom. The second-order valence-corrected chi connectivity index (χ2v) is 8.05. The number of carbonyl (C=O) groups excluding carboxylic acids is 1. The molecule has 3 rings (SSSR count). The molecule has 0 radical (unpaired) electrons. The van der Waals surface area contributed by atoms with Gasteiger partial charge in [0.15, 0.2) is 0 Å². The standard InChI is InChI=1S/C13H16BrN3O3S/c1-8-7-15-2-3-17(8)21(19,20)12-4-9-5-13(18)16-11(9)6-10(12)14/h4,6,8,15H,2-3,5,7H2,1H3,(H,16,18)/t8-/m1/s1. The first kappa shape index (κ1) is 15.0. The van der Waals surface area contributed by atoms with Gasteiger partial charge in [-0.1, -0.05) is 0 Å². The zero-order valence-corrected chi connectivity index (χ0v) is 13.9.